The second-order valence-corrected chi connectivity index (χ2v) is 5.21. The van der Waals surface area contributed by atoms with Crippen LogP contribution in [0.3, 0.4) is 0 Å². The molecule has 98 valence electrons. The zero-order chi connectivity index (χ0) is 14.3. The highest BCUT2D eigenvalue weighted by molar-refractivity contribution is 6.30. The monoisotopic (exact) mass is 281 g/mol. The summed E-state index contributed by atoms with van der Waals surface area (Å²) in [5.41, 5.74) is 4.58. The van der Waals surface area contributed by atoms with E-state index in [0.717, 1.165) is 28.0 Å². The molecule has 0 aliphatic carbocycles. The Morgan fingerprint density at radius 3 is 2.75 bits per heavy atom. The predicted molar refractivity (Wildman–Crippen MR) is 80.6 cm³/mol. The number of hydrogen-bond donors (Lipinski definition) is 0. The highest BCUT2D eigenvalue weighted by Crippen LogP contribution is 2.28. The maximum absolute atomic E-state index is 9.00. The molecule has 0 N–H and O–H groups in total. The minimum absolute atomic E-state index is 0.634. The van der Waals surface area contributed by atoms with Crippen LogP contribution in [0.4, 0.5) is 0 Å². The maximum atomic E-state index is 9.00. The van der Waals surface area contributed by atoms with Gasteiger partial charge in [0.25, 0.3) is 0 Å². The molecule has 1 heterocycles. The lowest BCUT2D eigenvalue weighted by molar-refractivity contribution is 0.957. The van der Waals surface area contributed by atoms with Crippen LogP contribution in [0.5, 0.6) is 0 Å². The third-order valence-electron chi connectivity index (χ3n) is 3.45. The first-order valence-corrected chi connectivity index (χ1v) is 6.61. The average molecular weight is 282 g/mol. The number of benzene rings is 2. The molecule has 0 spiro atoms. The third kappa shape index (κ3) is 1.95. The highest BCUT2D eigenvalue weighted by atomic mass is 35.5. The first-order valence-electron chi connectivity index (χ1n) is 6.23. The largest absolute Gasteiger partial charge is 0.327 e. The van der Waals surface area contributed by atoms with Crippen molar-refractivity contribution in [2.75, 3.05) is 0 Å². The Bertz CT molecular complexity index is 856. The molecule has 1 aromatic heterocycles. The number of imidazole rings is 1. The van der Waals surface area contributed by atoms with Crippen LogP contribution in [0, 0.1) is 18.3 Å². The number of rotatable bonds is 1. The number of nitriles is 1. The van der Waals surface area contributed by atoms with Crippen molar-refractivity contribution >= 4 is 22.6 Å². The summed E-state index contributed by atoms with van der Waals surface area (Å²) in [6, 6.07) is 13.4. The first-order chi connectivity index (χ1) is 9.60. The Morgan fingerprint density at radius 2 is 2.00 bits per heavy atom. The molecule has 0 aliphatic heterocycles. The molecule has 0 unspecified atom stereocenters. The quantitative estimate of drug-likeness (QED) is 0.674. The second-order valence-electron chi connectivity index (χ2n) is 4.77. The zero-order valence-corrected chi connectivity index (χ0v) is 11.9. The van der Waals surface area contributed by atoms with E-state index in [-0.39, 0.29) is 0 Å². The van der Waals surface area contributed by atoms with Crippen molar-refractivity contribution < 1.29 is 0 Å². The molecule has 0 saturated carbocycles. The SMILES string of the molecule is Cc1ccc(Cl)cc1-c1nc2ccc(C#N)cc2n1C. The van der Waals surface area contributed by atoms with Crippen molar-refractivity contribution in [2.24, 2.45) is 7.05 Å². The number of halogens is 1. The summed E-state index contributed by atoms with van der Waals surface area (Å²) in [4.78, 5) is 4.65. The van der Waals surface area contributed by atoms with Gasteiger partial charge in [0.2, 0.25) is 0 Å². The molecule has 0 fully saturated rings. The molecule has 0 amide bonds. The van der Waals surface area contributed by atoms with Crippen molar-refractivity contribution in [3.05, 3.63) is 52.5 Å². The van der Waals surface area contributed by atoms with Crippen LogP contribution in [0.1, 0.15) is 11.1 Å². The van der Waals surface area contributed by atoms with Gasteiger partial charge in [0.15, 0.2) is 0 Å². The van der Waals surface area contributed by atoms with E-state index in [0.29, 0.717) is 10.6 Å². The summed E-state index contributed by atoms with van der Waals surface area (Å²) in [6.07, 6.45) is 0. The first kappa shape index (κ1) is 12.7. The number of aromatic nitrogens is 2. The molecule has 3 nitrogen and oxygen atoms in total. The zero-order valence-electron chi connectivity index (χ0n) is 11.2. The summed E-state index contributed by atoms with van der Waals surface area (Å²) in [5, 5.41) is 9.69. The Balaban J connectivity index is 2.30. The Labute approximate surface area is 122 Å². The molecule has 20 heavy (non-hydrogen) atoms. The normalized spacial score (nSPS) is 10.7. The maximum Gasteiger partial charge on any atom is 0.141 e. The molecule has 0 saturated heterocycles. The summed E-state index contributed by atoms with van der Waals surface area (Å²) in [5.74, 6) is 0.857. The van der Waals surface area contributed by atoms with Crippen molar-refractivity contribution in [1.82, 2.24) is 9.55 Å². The number of nitrogens with zero attached hydrogens (tertiary/aromatic N) is 3. The second kappa shape index (κ2) is 4.66. The summed E-state index contributed by atoms with van der Waals surface area (Å²) < 4.78 is 1.99. The van der Waals surface area contributed by atoms with Crippen molar-refractivity contribution in [3.63, 3.8) is 0 Å². The van der Waals surface area contributed by atoms with Gasteiger partial charge in [-0.05, 0) is 42.8 Å². The van der Waals surface area contributed by atoms with Crippen molar-refractivity contribution in [1.29, 1.82) is 5.26 Å². The van der Waals surface area contributed by atoms with Crippen molar-refractivity contribution in [3.8, 4) is 17.5 Å². The number of aryl methyl sites for hydroxylation is 2. The van der Waals surface area contributed by atoms with Crippen LogP contribution in [0.25, 0.3) is 22.4 Å². The van der Waals surface area contributed by atoms with Crippen molar-refractivity contribution in [2.45, 2.75) is 6.92 Å². The van der Waals surface area contributed by atoms with Crippen LogP contribution < -0.4 is 0 Å². The van der Waals surface area contributed by atoms with Crippen LogP contribution >= 0.6 is 11.6 Å². The lowest BCUT2D eigenvalue weighted by atomic mass is 10.1. The summed E-state index contributed by atoms with van der Waals surface area (Å²) in [6.45, 7) is 2.03. The Kier molecular flexibility index (Phi) is 2.96. The Morgan fingerprint density at radius 1 is 1.20 bits per heavy atom. The molecule has 4 heteroatoms. The number of hydrogen-bond acceptors (Lipinski definition) is 2. The van der Waals surface area contributed by atoms with Gasteiger partial charge < -0.3 is 4.57 Å². The van der Waals surface area contributed by atoms with Crippen LogP contribution in [0.2, 0.25) is 5.02 Å². The summed E-state index contributed by atoms with van der Waals surface area (Å²) in [7, 11) is 1.95. The molecule has 3 aromatic rings. The third-order valence-corrected chi connectivity index (χ3v) is 3.69. The standard InChI is InChI=1S/C16H12ClN3/c1-10-3-5-12(17)8-13(10)16-19-14-6-4-11(9-18)7-15(14)20(16)2/h3-8H,1-2H3. The smallest absolute Gasteiger partial charge is 0.141 e. The highest BCUT2D eigenvalue weighted by Gasteiger charge is 2.12. The molecular formula is C16H12ClN3. The van der Waals surface area contributed by atoms with Gasteiger partial charge in [0.05, 0.1) is 22.7 Å². The van der Waals surface area contributed by atoms with E-state index in [1.54, 1.807) is 6.07 Å². The van der Waals surface area contributed by atoms with Crippen LogP contribution in [0.15, 0.2) is 36.4 Å². The van der Waals surface area contributed by atoms with Gasteiger partial charge in [0, 0.05) is 17.6 Å². The van der Waals surface area contributed by atoms with Gasteiger partial charge in [-0.3, -0.25) is 0 Å². The molecule has 0 aliphatic rings. The van der Waals surface area contributed by atoms with E-state index in [4.69, 9.17) is 16.9 Å². The van der Waals surface area contributed by atoms with E-state index >= 15 is 0 Å². The van der Waals surface area contributed by atoms with Crippen LogP contribution in [-0.2, 0) is 7.05 Å². The summed E-state index contributed by atoms with van der Waals surface area (Å²) >= 11 is 6.09. The van der Waals surface area contributed by atoms with Crippen LogP contribution in [-0.4, -0.2) is 9.55 Å². The van der Waals surface area contributed by atoms with E-state index in [1.807, 2.05) is 48.9 Å². The predicted octanol–water partition coefficient (Wildman–Crippen LogP) is 4.07. The fourth-order valence-corrected chi connectivity index (χ4v) is 2.51. The molecule has 0 atom stereocenters. The van der Waals surface area contributed by atoms with Gasteiger partial charge >= 0.3 is 0 Å². The lowest BCUT2D eigenvalue weighted by Gasteiger charge is -2.06. The molecule has 0 radical (unpaired) electrons. The fraction of sp³-hybridized carbons (Fsp3) is 0.125. The molecule has 3 rings (SSSR count). The topological polar surface area (TPSA) is 41.6 Å². The van der Waals surface area contributed by atoms with Gasteiger partial charge in [-0.15, -0.1) is 0 Å². The van der Waals surface area contributed by atoms with Gasteiger partial charge in [0.1, 0.15) is 5.82 Å². The fourth-order valence-electron chi connectivity index (χ4n) is 2.34. The molecular weight excluding hydrogens is 270 g/mol. The van der Waals surface area contributed by atoms with Gasteiger partial charge in [-0.1, -0.05) is 17.7 Å². The van der Waals surface area contributed by atoms with E-state index in [1.165, 1.54) is 0 Å². The minimum Gasteiger partial charge on any atom is -0.327 e. The Hall–Kier alpha value is -2.31. The minimum atomic E-state index is 0.634. The van der Waals surface area contributed by atoms with Gasteiger partial charge in [-0.25, -0.2) is 4.98 Å². The molecule has 0 bridgehead atoms. The number of fused-ring (bicyclic) bond motifs is 1. The average Bonchev–Trinajstić information content (AvgIpc) is 2.78. The van der Waals surface area contributed by atoms with Gasteiger partial charge in [-0.2, -0.15) is 5.26 Å². The van der Waals surface area contributed by atoms with E-state index < -0.39 is 0 Å². The molecule has 2 aromatic carbocycles. The van der Waals surface area contributed by atoms with E-state index in [9.17, 15) is 0 Å². The van der Waals surface area contributed by atoms with E-state index in [2.05, 4.69) is 11.1 Å². The lowest BCUT2D eigenvalue weighted by Crippen LogP contribution is -1.94.